The maximum atomic E-state index is 6.05. The van der Waals surface area contributed by atoms with Crippen LogP contribution in [0.2, 0.25) is 0 Å². The topological polar surface area (TPSA) is 0 Å². The highest BCUT2D eigenvalue weighted by molar-refractivity contribution is 8.05. The number of hydrogen-bond donors (Lipinski definition) is 0. The molecule has 0 aromatic carbocycles. The molecule has 1 fully saturated rings. The number of hydrogen-bond acceptors (Lipinski definition) is 5. The Labute approximate surface area is 145 Å². The molecule has 6 heteroatoms. The van der Waals surface area contributed by atoms with E-state index in [-0.39, 0.29) is 0 Å². The maximum Gasteiger partial charge on any atom is 0.0350 e. The van der Waals surface area contributed by atoms with Gasteiger partial charge in [0.05, 0.1) is 0 Å². The fraction of sp³-hybridized carbons (Fsp3) is 1.00. The minimum atomic E-state index is 0.663. The van der Waals surface area contributed by atoms with Crippen LogP contribution in [-0.4, -0.2) is 62.9 Å². The van der Waals surface area contributed by atoms with Crippen molar-refractivity contribution in [2.24, 2.45) is 0 Å². The average Bonchev–Trinajstić information content (AvgIpc) is 2.44. The summed E-state index contributed by atoms with van der Waals surface area (Å²) >= 11 is 16.6. The van der Waals surface area contributed by atoms with E-state index in [2.05, 4.69) is 58.8 Å². The van der Waals surface area contributed by atoms with Crippen molar-refractivity contribution in [2.45, 2.75) is 18.1 Å². The van der Waals surface area contributed by atoms with Crippen LogP contribution in [0.5, 0.6) is 0 Å². The Morgan fingerprint density at radius 3 is 1.84 bits per heavy atom. The summed E-state index contributed by atoms with van der Waals surface area (Å²) in [6, 6.07) is 0. The third-order valence-corrected chi connectivity index (χ3v) is 9.54. The molecular weight excluding hydrogens is 352 g/mol. The second-order valence-corrected chi connectivity index (χ2v) is 10.8. The fourth-order valence-electron chi connectivity index (χ4n) is 1.57. The van der Waals surface area contributed by atoms with E-state index < -0.39 is 0 Å². The zero-order chi connectivity index (χ0) is 13.6. The number of thioether (sulfide) groups is 5. The first-order chi connectivity index (χ1) is 9.43. The highest BCUT2D eigenvalue weighted by atomic mass is 35.5. The van der Waals surface area contributed by atoms with Crippen molar-refractivity contribution < 1.29 is 0 Å². The Bertz CT molecular complexity index is 176. The first kappa shape index (κ1) is 19.1. The molecule has 0 N–H and O–H groups in total. The van der Waals surface area contributed by atoms with Crippen LogP contribution >= 0.6 is 70.4 Å². The summed E-state index contributed by atoms with van der Waals surface area (Å²) < 4.78 is 0. The summed E-state index contributed by atoms with van der Waals surface area (Å²) in [6.45, 7) is 0. The van der Waals surface area contributed by atoms with Crippen LogP contribution in [0.4, 0.5) is 0 Å². The lowest BCUT2D eigenvalue weighted by molar-refractivity contribution is 1.08. The lowest BCUT2D eigenvalue weighted by Gasteiger charge is -2.13. The van der Waals surface area contributed by atoms with E-state index in [1.807, 2.05) is 0 Å². The molecule has 0 aliphatic carbocycles. The first-order valence-corrected chi connectivity index (χ1v) is 13.1. The molecule has 1 heterocycles. The van der Waals surface area contributed by atoms with E-state index in [1.54, 1.807) is 0 Å². The molecule has 0 aromatic heterocycles. The number of rotatable bonds is 1. The minimum absolute atomic E-state index is 0.663. The van der Waals surface area contributed by atoms with E-state index in [1.165, 1.54) is 64.6 Å². The molecule has 1 aliphatic rings. The van der Waals surface area contributed by atoms with E-state index >= 15 is 0 Å². The Balaban J connectivity index is 2.15. The smallest absolute Gasteiger partial charge is 0.0350 e. The molecule has 1 saturated heterocycles. The van der Waals surface area contributed by atoms with Crippen molar-refractivity contribution in [3.8, 4) is 0 Å². The second-order valence-electron chi connectivity index (χ2n) is 4.27. The quantitative estimate of drug-likeness (QED) is 0.585. The first-order valence-electron chi connectivity index (χ1n) is 6.92. The van der Waals surface area contributed by atoms with Crippen LogP contribution in [0.15, 0.2) is 0 Å². The average molecular weight is 377 g/mol. The normalized spacial score (nSPS) is 26.7. The lowest BCUT2D eigenvalue weighted by Crippen LogP contribution is -2.10. The van der Waals surface area contributed by atoms with Gasteiger partial charge in [-0.1, -0.05) is 0 Å². The van der Waals surface area contributed by atoms with Crippen LogP contribution in [0, 0.1) is 0 Å². The number of alkyl halides is 1. The van der Waals surface area contributed by atoms with Crippen LogP contribution in [0.1, 0.15) is 12.8 Å². The van der Waals surface area contributed by atoms with Crippen molar-refractivity contribution in [2.75, 3.05) is 57.7 Å². The van der Waals surface area contributed by atoms with Gasteiger partial charge in [0.1, 0.15) is 0 Å². The van der Waals surface area contributed by atoms with Gasteiger partial charge in [-0.05, 0) is 35.9 Å². The molecule has 19 heavy (non-hydrogen) atoms. The highest BCUT2D eigenvalue weighted by Crippen LogP contribution is 2.21. The van der Waals surface area contributed by atoms with Gasteiger partial charge >= 0.3 is 0 Å². The predicted molar refractivity (Wildman–Crippen MR) is 106 cm³/mol. The Kier molecular flexibility index (Phi) is 15.0. The molecule has 0 nitrogen and oxygen atoms in total. The third kappa shape index (κ3) is 12.3. The summed E-state index contributed by atoms with van der Waals surface area (Å²) in [7, 11) is 0. The second kappa shape index (κ2) is 15.0. The zero-order valence-electron chi connectivity index (χ0n) is 11.5. The maximum absolute atomic E-state index is 6.05. The van der Waals surface area contributed by atoms with Crippen LogP contribution in [0.25, 0.3) is 0 Å². The van der Waals surface area contributed by atoms with Crippen molar-refractivity contribution >= 4 is 70.4 Å². The Morgan fingerprint density at radius 1 is 0.684 bits per heavy atom. The molecule has 1 aliphatic heterocycles. The van der Waals surface area contributed by atoms with Crippen molar-refractivity contribution in [1.82, 2.24) is 0 Å². The van der Waals surface area contributed by atoms with Crippen LogP contribution in [-0.2, 0) is 0 Å². The molecule has 114 valence electrons. The van der Waals surface area contributed by atoms with Gasteiger partial charge < -0.3 is 0 Å². The lowest BCUT2D eigenvalue weighted by atomic mass is 10.5. The fourth-order valence-corrected chi connectivity index (χ4v) is 7.94. The minimum Gasteiger partial charge on any atom is -0.161 e. The molecule has 0 amide bonds. The molecule has 1 atom stereocenters. The largest absolute Gasteiger partial charge is 0.161 e. The standard InChI is InChI=1S/C13H25ClS5/c14-11-13-12-18-5-1-3-15-7-9-17-10-8-16-4-2-6-19-13/h13H,1-12H2. The molecular formula is C13H25ClS5. The van der Waals surface area contributed by atoms with Gasteiger partial charge in [0, 0.05) is 39.9 Å². The van der Waals surface area contributed by atoms with Gasteiger partial charge in [0.15, 0.2) is 0 Å². The van der Waals surface area contributed by atoms with Gasteiger partial charge in [-0.15, -0.1) is 11.6 Å². The molecule has 1 unspecified atom stereocenters. The van der Waals surface area contributed by atoms with Gasteiger partial charge in [-0.2, -0.15) is 58.8 Å². The van der Waals surface area contributed by atoms with Crippen molar-refractivity contribution in [1.29, 1.82) is 0 Å². The van der Waals surface area contributed by atoms with E-state index in [4.69, 9.17) is 11.6 Å². The van der Waals surface area contributed by atoms with E-state index in [0.29, 0.717) is 5.25 Å². The zero-order valence-corrected chi connectivity index (χ0v) is 16.3. The van der Waals surface area contributed by atoms with Crippen molar-refractivity contribution in [3.05, 3.63) is 0 Å². The molecule has 0 saturated carbocycles. The molecule has 1 rings (SSSR count). The summed E-state index contributed by atoms with van der Waals surface area (Å²) in [5.74, 6) is 12.6. The summed E-state index contributed by atoms with van der Waals surface area (Å²) in [5, 5.41) is 0.663. The molecule has 0 bridgehead atoms. The predicted octanol–water partition coefficient (Wildman–Crippen LogP) is 5.05. The number of halogens is 1. The summed E-state index contributed by atoms with van der Waals surface area (Å²) in [6.07, 6.45) is 2.70. The Hall–Kier alpha value is 2.04. The molecule has 0 radical (unpaired) electrons. The van der Waals surface area contributed by atoms with E-state index in [9.17, 15) is 0 Å². The highest BCUT2D eigenvalue weighted by Gasteiger charge is 2.08. The summed E-state index contributed by atoms with van der Waals surface area (Å²) in [4.78, 5) is 0. The van der Waals surface area contributed by atoms with Gasteiger partial charge in [0.25, 0.3) is 0 Å². The van der Waals surface area contributed by atoms with Gasteiger partial charge in [0.2, 0.25) is 0 Å². The monoisotopic (exact) mass is 376 g/mol. The SMILES string of the molecule is ClCC1CSCCCSCCSCCSCCCS1. The summed E-state index contributed by atoms with van der Waals surface area (Å²) in [5.41, 5.74) is 0. The van der Waals surface area contributed by atoms with Gasteiger partial charge in [-0.3, -0.25) is 0 Å². The van der Waals surface area contributed by atoms with Gasteiger partial charge in [-0.25, -0.2) is 0 Å². The Morgan fingerprint density at radius 2 is 1.21 bits per heavy atom. The molecule has 0 spiro atoms. The third-order valence-electron chi connectivity index (χ3n) is 2.58. The van der Waals surface area contributed by atoms with E-state index in [0.717, 1.165) is 5.88 Å². The van der Waals surface area contributed by atoms with Crippen LogP contribution in [0.3, 0.4) is 0 Å². The van der Waals surface area contributed by atoms with Crippen LogP contribution < -0.4 is 0 Å². The van der Waals surface area contributed by atoms with Crippen molar-refractivity contribution in [3.63, 3.8) is 0 Å². The molecule has 0 aromatic rings.